The number of fused-ring (bicyclic) bond motifs is 6. The van der Waals surface area contributed by atoms with E-state index in [0.717, 1.165) is 24.8 Å². The largest absolute Gasteiger partial charge is 0.460 e. The maximum atomic E-state index is 15.2. The average Bonchev–Trinajstić information content (AvgIpc) is 3.26. The second kappa shape index (κ2) is 22.5. The van der Waals surface area contributed by atoms with Gasteiger partial charge in [-0.05, 0) is 101 Å². The van der Waals surface area contributed by atoms with E-state index < -0.39 is 71.7 Å². The summed E-state index contributed by atoms with van der Waals surface area (Å²) in [4.78, 5) is 73.4. The van der Waals surface area contributed by atoms with Crippen LogP contribution in [-0.2, 0) is 42.9 Å². The first kappa shape index (κ1) is 51.7. The van der Waals surface area contributed by atoms with E-state index in [0.29, 0.717) is 37.7 Å². The van der Waals surface area contributed by atoms with E-state index in [9.17, 15) is 29.4 Å². The minimum atomic E-state index is -2.45. The van der Waals surface area contributed by atoms with Gasteiger partial charge in [0, 0.05) is 56.8 Å². The van der Waals surface area contributed by atoms with E-state index in [1.165, 1.54) is 4.90 Å². The summed E-state index contributed by atoms with van der Waals surface area (Å²) in [7, 11) is 3.23. The normalized spacial score (nSPS) is 44.5. The number of hydrogen-bond donors (Lipinski definition) is 2. The molecule has 12 nitrogen and oxygen atoms in total. The molecule has 1 amide bonds. The Morgan fingerprint density at radius 3 is 2.19 bits per heavy atom. The van der Waals surface area contributed by atoms with E-state index in [-0.39, 0.29) is 78.5 Å². The van der Waals surface area contributed by atoms with Crippen molar-refractivity contribution in [2.24, 2.45) is 59.2 Å². The van der Waals surface area contributed by atoms with Crippen LogP contribution in [0.1, 0.15) is 127 Å². The number of esters is 1. The summed E-state index contributed by atoms with van der Waals surface area (Å²) in [6.07, 6.45) is 13.5. The van der Waals surface area contributed by atoms with Gasteiger partial charge in [0.25, 0.3) is 11.7 Å². The number of ketones is 3. The lowest BCUT2D eigenvalue weighted by Gasteiger charge is -2.52. The number of rotatable bonds is 2. The van der Waals surface area contributed by atoms with E-state index in [1.54, 1.807) is 34.1 Å². The van der Waals surface area contributed by atoms with E-state index in [1.807, 2.05) is 65.0 Å². The Bertz CT molecular complexity index is 1800. The number of amides is 1. The number of aliphatic hydroxyl groups excluding tert-OH is 1. The highest BCUT2D eigenvalue weighted by Crippen LogP contribution is 2.51. The van der Waals surface area contributed by atoms with Gasteiger partial charge >= 0.3 is 5.97 Å². The molecule has 2 saturated heterocycles. The van der Waals surface area contributed by atoms with Gasteiger partial charge in [-0.2, -0.15) is 0 Å². The highest BCUT2D eigenvalue weighted by molar-refractivity contribution is 6.39. The van der Waals surface area contributed by atoms with Crippen molar-refractivity contribution in [2.45, 2.75) is 169 Å². The molecule has 4 fully saturated rings. The van der Waals surface area contributed by atoms with Gasteiger partial charge in [0.1, 0.15) is 24.0 Å². The van der Waals surface area contributed by atoms with Crippen molar-refractivity contribution in [3.05, 3.63) is 47.6 Å². The van der Waals surface area contributed by atoms with Crippen molar-refractivity contribution >= 4 is 29.2 Å². The van der Waals surface area contributed by atoms with Crippen LogP contribution in [0.3, 0.4) is 0 Å². The predicted octanol–water partition coefficient (Wildman–Crippen LogP) is 7.54. The van der Waals surface area contributed by atoms with Gasteiger partial charge in [-0.25, -0.2) is 4.79 Å². The lowest BCUT2D eigenvalue weighted by Crippen LogP contribution is -2.61. The molecule has 17 atom stereocenters. The highest BCUT2D eigenvalue weighted by Gasteiger charge is 2.56. The van der Waals surface area contributed by atoms with Crippen LogP contribution in [0.15, 0.2) is 47.6 Å². The Balaban J connectivity index is 1.54. The summed E-state index contributed by atoms with van der Waals surface area (Å²) in [5.41, 5.74) is 1.51. The lowest BCUT2D eigenvalue weighted by molar-refractivity contribution is -0.265. The zero-order valence-electron chi connectivity index (χ0n) is 40.5. The van der Waals surface area contributed by atoms with Crippen LogP contribution < -0.4 is 0 Å². The van der Waals surface area contributed by atoms with Crippen LogP contribution in [0.2, 0.25) is 0 Å². The lowest BCUT2D eigenvalue weighted by atomic mass is 9.56. The minimum absolute atomic E-state index is 0.00383. The van der Waals surface area contributed by atoms with Gasteiger partial charge < -0.3 is 34.1 Å². The fraction of sp³-hybridized carbons (Fsp3) is 0.750. The van der Waals surface area contributed by atoms with Crippen molar-refractivity contribution < 1.29 is 53.1 Å². The first-order valence-electron chi connectivity index (χ1n) is 24.2. The first-order chi connectivity index (χ1) is 30.2. The Morgan fingerprint density at radius 2 is 1.50 bits per heavy atom. The SMILES string of the molecule is CO[C@@H]1C2C3C(=O)[C@H](C)/C=C(\C)[C@@H](C)[C@@H](OC)C(=O)[C@H](C)C[C@H](C)/C=C/C=C/C=C(\C)C(O)C[C@@H]4CC[C@@H](C)[C@@](O)(O4)C(=O)C(=O)N4CCCC[C@H]4C(=O)O[C@@H]3[C@H](C)C[C@@H]2CC[C@H]1C. The molecule has 3 unspecified atom stereocenters. The predicted molar refractivity (Wildman–Crippen MR) is 244 cm³/mol. The van der Waals surface area contributed by atoms with E-state index in [2.05, 4.69) is 13.8 Å². The number of Topliss-reactive ketones (excluding diaryl/α,β-unsaturated/α-hetero) is 3. The van der Waals surface area contributed by atoms with Gasteiger partial charge in [0.15, 0.2) is 5.78 Å². The molecule has 2 aliphatic carbocycles. The van der Waals surface area contributed by atoms with Crippen LogP contribution in [0.5, 0.6) is 0 Å². The van der Waals surface area contributed by atoms with Gasteiger partial charge in [0.2, 0.25) is 5.79 Å². The fourth-order valence-electron chi connectivity index (χ4n) is 11.6. The van der Waals surface area contributed by atoms with Crippen molar-refractivity contribution in [3.8, 4) is 0 Å². The summed E-state index contributed by atoms with van der Waals surface area (Å²) < 4.78 is 24.6. The number of aliphatic hydroxyl groups is 2. The summed E-state index contributed by atoms with van der Waals surface area (Å²) in [6.45, 7) is 17.5. The number of methoxy groups -OCH3 is 2. The Hall–Kier alpha value is -3.29. The number of allylic oxidation sites excluding steroid dienone is 6. The summed E-state index contributed by atoms with van der Waals surface area (Å²) in [5, 5.41) is 23.0. The number of carbonyl (C=O) groups is 5. The molecule has 3 aliphatic heterocycles. The zero-order chi connectivity index (χ0) is 47.2. The smallest absolute Gasteiger partial charge is 0.329 e. The van der Waals surface area contributed by atoms with Crippen molar-refractivity contribution in [1.29, 1.82) is 0 Å². The number of nitrogens with zero attached hydrogens (tertiary/aromatic N) is 1. The monoisotopic (exact) mass is 894 g/mol. The maximum absolute atomic E-state index is 15.2. The molecule has 2 bridgehead atoms. The van der Waals surface area contributed by atoms with Crippen LogP contribution in [-0.4, -0.2) is 107 Å². The Kier molecular flexibility index (Phi) is 18.1. The summed E-state index contributed by atoms with van der Waals surface area (Å²) in [6, 6.07) is -1.10. The molecule has 12 heteroatoms. The van der Waals surface area contributed by atoms with Crippen LogP contribution in [0.25, 0.3) is 0 Å². The van der Waals surface area contributed by atoms with E-state index in [4.69, 9.17) is 18.9 Å². The van der Waals surface area contributed by atoms with Crippen LogP contribution in [0.4, 0.5) is 0 Å². The Labute approximate surface area is 382 Å². The number of carbonyl (C=O) groups excluding carboxylic acids is 5. The standard InChI is InChI=1S/C52H79NO11/c1-29-17-13-12-14-18-30(2)41(54)28-39-23-21-36(8)52(60,64-39)49(57)50(58)53-24-16-15-19-40(53)51(59)63-47-35(7)27-38-22-20-31(3)46(61-10)42(38)43(47)44(55)34(6)26-32(4)37(9)48(62-11)45(56)33(5)25-29/h12-14,17-18,26,29,31,33-43,46-48,54,60H,15-16,19-25,27-28H2,1-11H3/b14-12+,17-13+,30-18+,32-26+/t29-,31-,33-,34-,35-,36-,37-,38+,39+,40+,41?,42?,43?,46+,47-,48-,52-/m1/s1. The molecule has 5 rings (SSSR count). The first-order valence-corrected chi connectivity index (χ1v) is 24.2. The third kappa shape index (κ3) is 11.4. The molecule has 2 N–H and O–H groups in total. The van der Waals surface area contributed by atoms with Gasteiger partial charge in [-0.15, -0.1) is 0 Å². The molecule has 3 heterocycles. The van der Waals surface area contributed by atoms with Crippen molar-refractivity contribution in [2.75, 3.05) is 20.8 Å². The van der Waals surface area contributed by atoms with Crippen LogP contribution >= 0.6 is 0 Å². The maximum Gasteiger partial charge on any atom is 0.329 e. The van der Waals surface area contributed by atoms with Gasteiger partial charge in [0.05, 0.1) is 24.2 Å². The third-order valence-electron chi connectivity index (χ3n) is 15.7. The number of ether oxygens (including phenoxy) is 4. The molecular weight excluding hydrogens is 815 g/mol. The molecule has 0 radical (unpaired) electrons. The Morgan fingerprint density at radius 1 is 0.781 bits per heavy atom. The summed E-state index contributed by atoms with van der Waals surface area (Å²) >= 11 is 0. The molecule has 358 valence electrons. The van der Waals surface area contributed by atoms with Crippen molar-refractivity contribution in [3.63, 3.8) is 0 Å². The number of hydrogen-bond acceptors (Lipinski definition) is 11. The quantitative estimate of drug-likeness (QED) is 0.160. The molecular formula is C52H79NO11. The molecule has 0 aromatic carbocycles. The molecule has 0 aromatic rings. The van der Waals surface area contributed by atoms with Crippen LogP contribution in [0, 0.1) is 59.2 Å². The van der Waals surface area contributed by atoms with E-state index >= 15 is 4.79 Å². The zero-order valence-corrected chi connectivity index (χ0v) is 40.5. The molecule has 64 heavy (non-hydrogen) atoms. The minimum Gasteiger partial charge on any atom is -0.460 e. The molecule has 2 saturated carbocycles. The average molecular weight is 894 g/mol. The topological polar surface area (TPSA) is 166 Å². The van der Waals surface area contributed by atoms with Gasteiger partial charge in [-0.1, -0.05) is 90.5 Å². The number of piperidine rings is 1. The van der Waals surface area contributed by atoms with Gasteiger partial charge in [-0.3, -0.25) is 19.2 Å². The molecule has 5 aliphatic rings. The molecule has 0 aromatic heterocycles. The summed E-state index contributed by atoms with van der Waals surface area (Å²) in [5.74, 6) is -7.97. The van der Waals surface area contributed by atoms with Crippen molar-refractivity contribution in [1.82, 2.24) is 4.90 Å². The molecule has 0 spiro atoms. The second-order valence-electron chi connectivity index (χ2n) is 20.5. The highest BCUT2D eigenvalue weighted by atomic mass is 16.6. The third-order valence-corrected chi connectivity index (χ3v) is 15.7. The fourth-order valence-corrected chi connectivity index (χ4v) is 11.6. The second-order valence-corrected chi connectivity index (χ2v) is 20.5.